The van der Waals surface area contributed by atoms with Gasteiger partial charge in [-0.2, -0.15) is 0 Å². The van der Waals surface area contributed by atoms with Crippen molar-refractivity contribution in [2.45, 2.75) is 20.4 Å². The summed E-state index contributed by atoms with van der Waals surface area (Å²) in [4.78, 5) is 30.2. The number of carbonyl (C=O) groups is 2. The zero-order chi connectivity index (χ0) is 16.8. The number of thiazole rings is 1. The number of rotatable bonds is 7. The summed E-state index contributed by atoms with van der Waals surface area (Å²) in [6, 6.07) is 1.65. The lowest BCUT2D eigenvalue weighted by atomic mass is 10.3. The molecule has 23 heavy (non-hydrogen) atoms. The Morgan fingerprint density at radius 2 is 2.17 bits per heavy atom. The number of likely N-dealkylation sites (N-methyl/N-ethyl adjacent to an activating group) is 1. The number of nitrogens with one attached hydrogen (secondary N) is 1. The van der Waals surface area contributed by atoms with Gasteiger partial charge in [0.05, 0.1) is 29.4 Å². The molecule has 2 aromatic rings. The van der Waals surface area contributed by atoms with E-state index in [4.69, 9.17) is 4.74 Å². The second kappa shape index (κ2) is 8.19. The first-order chi connectivity index (χ1) is 11.0. The lowest BCUT2D eigenvalue weighted by molar-refractivity contribution is -0.117. The third kappa shape index (κ3) is 5.12. The van der Waals surface area contributed by atoms with Crippen molar-refractivity contribution in [1.82, 2.24) is 9.88 Å². The van der Waals surface area contributed by atoms with E-state index in [1.54, 1.807) is 29.7 Å². The Kier molecular flexibility index (Phi) is 6.26. The number of anilines is 1. The maximum Gasteiger partial charge on any atom is 0.341 e. The largest absolute Gasteiger partial charge is 0.462 e. The summed E-state index contributed by atoms with van der Waals surface area (Å²) in [6.45, 7) is 4.83. The monoisotopic (exact) mass is 353 g/mol. The van der Waals surface area contributed by atoms with Crippen LogP contribution in [0.4, 0.5) is 5.00 Å². The van der Waals surface area contributed by atoms with Gasteiger partial charge in [-0.25, -0.2) is 9.78 Å². The second-order valence-corrected chi connectivity index (χ2v) is 6.94. The number of hydrogen-bond donors (Lipinski definition) is 1. The molecule has 2 rings (SSSR count). The zero-order valence-corrected chi connectivity index (χ0v) is 14.9. The molecule has 0 aliphatic rings. The highest BCUT2D eigenvalue weighted by molar-refractivity contribution is 7.14. The van der Waals surface area contributed by atoms with Gasteiger partial charge in [0.25, 0.3) is 0 Å². The van der Waals surface area contributed by atoms with Crippen molar-refractivity contribution in [2.24, 2.45) is 0 Å². The van der Waals surface area contributed by atoms with Gasteiger partial charge in [0.1, 0.15) is 5.00 Å². The lowest BCUT2D eigenvalue weighted by Gasteiger charge is -2.14. The molecule has 8 heteroatoms. The Morgan fingerprint density at radius 3 is 2.83 bits per heavy atom. The molecule has 0 fully saturated rings. The van der Waals surface area contributed by atoms with Crippen LogP contribution in [-0.2, 0) is 16.1 Å². The fourth-order valence-corrected chi connectivity index (χ4v) is 3.40. The normalized spacial score (nSPS) is 10.8. The Morgan fingerprint density at radius 1 is 1.39 bits per heavy atom. The third-order valence-electron chi connectivity index (χ3n) is 2.93. The van der Waals surface area contributed by atoms with E-state index < -0.39 is 5.97 Å². The molecule has 1 N–H and O–H groups in total. The van der Waals surface area contributed by atoms with Crippen molar-refractivity contribution >= 4 is 39.6 Å². The van der Waals surface area contributed by atoms with Gasteiger partial charge in [0.15, 0.2) is 0 Å². The first kappa shape index (κ1) is 17.6. The molecule has 0 radical (unpaired) electrons. The molecular weight excluding hydrogens is 334 g/mol. The predicted molar refractivity (Wildman–Crippen MR) is 92.1 cm³/mol. The molecule has 0 aliphatic carbocycles. The van der Waals surface area contributed by atoms with Crippen LogP contribution in [0.5, 0.6) is 0 Å². The molecule has 0 aromatic carbocycles. The molecular formula is C15H19N3O3S2. The maximum atomic E-state index is 12.1. The molecule has 2 aromatic heterocycles. The average molecular weight is 353 g/mol. The molecule has 1 amide bonds. The summed E-state index contributed by atoms with van der Waals surface area (Å²) >= 11 is 2.90. The van der Waals surface area contributed by atoms with Gasteiger partial charge in [-0.1, -0.05) is 0 Å². The predicted octanol–water partition coefficient (Wildman–Crippen LogP) is 2.76. The summed E-state index contributed by atoms with van der Waals surface area (Å²) in [5, 5.41) is 8.04. The van der Waals surface area contributed by atoms with Gasteiger partial charge in [-0.05, 0) is 32.3 Å². The number of hydrogen-bond acceptors (Lipinski definition) is 7. The molecule has 0 aliphatic heterocycles. The van der Waals surface area contributed by atoms with Crippen LogP contribution < -0.4 is 5.32 Å². The first-order valence-corrected chi connectivity index (χ1v) is 8.89. The minimum Gasteiger partial charge on any atom is -0.462 e. The average Bonchev–Trinajstić information content (AvgIpc) is 3.08. The van der Waals surface area contributed by atoms with Crippen molar-refractivity contribution in [2.75, 3.05) is 25.5 Å². The van der Waals surface area contributed by atoms with Crippen LogP contribution in [0.3, 0.4) is 0 Å². The first-order valence-electron chi connectivity index (χ1n) is 7.13. The second-order valence-electron chi connectivity index (χ2n) is 4.96. The Labute approximate surface area is 143 Å². The molecule has 0 bridgehead atoms. The molecule has 6 nitrogen and oxygen atoms in total. The van der Waals surface area contributed by atoms with Crippen molar-refractivity contribution in [1.29, 1.82) is 0 Å². The highest BCUT2D eigenvalue weighted by Gasteiger charge is 2.17. The SMILES string of the molecule is CCOC(=O)c1ccsc1NC(=O)CN(C)Cc1csc(C)n1. The van der Waals surface area contributed by atoms with E-state index in [9.17, 15) is 9.59 Å². The van der Waals surface area contributed by atoms with E-state index in [-0.39, 0.29) is 12.5 Å². The van der Waals surface area contributed by atoms with Gasteiger partial charge in [-0.15, -0.1) is 22.7 Å². The summed E-state index contributed by atoms with van der Waals surface area (Å²) in [6.07, 6.45) is 0. The van der Waals surface area contributed by atoms with Gasteiger partial charge < -0.3 is 10.1 Å². The minimum atomic E-state index is -0.421. The van der Waals surface area contributed by atoms with Crippen LogP contribution in [0.25, 0.3) is 0 Å². The summed E-state index contributed by atoms with van der Waals surface area (Å²) in [5.74, 6) is -0.595. The maximum absolute atomic E-state index is 12.1. The van der Waals surface area contributed by atoms with E-state index in [2.05, 4.69) is 10.3 Å². The smallest absolute Gasteiger partial charge is 0.341 e. The lowest BCUT2D eigenvalue weighted by Crippen LogP contribution is -2.30. The zero-order valence-electron chi connectivity index (χ0n) is 13.3. The van der Waals surface area contributed by atoms with E-state index in [0.29, 0.717) is 23.7 Å². The van der Waals surface area contributed by atoms with Crippen LogP contribution in [0.15, 0.2) is 16.8 Å². The molecule has 0 unspecified atom stereocenters. The van der Waals surface area contributed by atoms with Crippen LogP contribution >= 0.6 is 22.7 Å². The number of thiophene rings is 1. The van der Waals surface area contributed by atoms with Gasteiger partial charge >= 0.3 is 5.97 Å². The third-order valence-corrected chi connectivity index (χ3v) is 4.58. The summed E-state index contributed by atoms with van der Waals surface area (Å²) in [7, 11) is 1.86. The van der Waals surface area contributed by atoms with Gasteiger partial charge in [-0.3, -0.25) is 9.69 Å². The Balaban J connectivity index is 1.89. The topological polar surface area (TPSA) is 71.5 Å². The Hall–Kier alpha value is -1.77. The molecule has 0 atom stereocenters. The number of aromatic nitrogens is 1. The molecule has 124 valence electrons. The minimum absolute atomic E-state index is 0.174. The molecule has 2 heterocycles. The number of nitrogens with zero attached hydrogens (tertiary/aromatic N) is 2. The summed E-state index contributed by atoms with van der Waals surface area (Å²) < 4.78 is 4.97. The van der Waals surface area contributed by atoms with Crippen LogP contribution in [0.1, 0.15) is 28.0 Å². The highest BCUT2D eigenvalue weighted by atomic mass is 32.1. The van der Waals surface area contributed by atoms with E-state index in [1.165, 1.54) is 11.3 Å². The van der Waals surface area contributed by atoms with Crippen LogP contribution in [0, 0.1) is 6.92 Å². The van der Waals surface area contributed by atoms with Crippen molar-refractivity contribution in [3.05, 3.63) is 33.1 Å². The fourth-order valence-electron chi connectivity index (χ4n) is 2.00. The molecule has 0 saturated carbocycles. The van der Waals surface area contributed by atoms with Gasteiger partial charge in [0, 0.05) is 11.9 Å². The number of aryl methyl sites for hydroxylation is 1. The number of amides is 1. The van der Waals surface area contributed by atoms with E-state index in [0.717, 1.165) is 10.7 Å². The van der Waals surface area contributed by atoms with Crippen LogP contribution in [-0.4, -0.2) is 42.0 Å². The van der Waals surface area contributed by atoms with E-state index in [1.807, 2.05) is 24.3 Å². The van der Waals surface area contributed by atoms with Crippen molar-refractivity contribution in [3.63, 3.8) is 0 Å². The standard InChI is InChI=1S/C15H19N3O3S2/c1-4-21-15(20)12-5-6-22-14(12)17-13(19)8-18(3)7-11-9-23-10(2)16-11/h5-6,9H,4,7-8H2,1-3H3,(H,17,19). The van der Waals surface area contributed by atoms with Crippen molar-refractivity contribution < 1.29 is 14.3 Å². The fraction of sp³-hybridized carbons (Fsp3) is 0.400. The molecule has 0 saturated heterocycles. The summed E-state index contributed by atoms with van der Waals surface area (Å²) in [5.41, 5.74) is 1.34. The Bertz CT molecular complexity index is 681. The van der Waals surface area contributed by atoms with Crippen molar-refractivity contribution in [3.8, 4) is 0 Å². The quantitative estimate of drug-likeness (QED) is 0.775. The van der Waals surface area contributed by atoms with Crippen LogP contribution in [0.2, 0.25) is 0 Å². The van der Waals surface area contributed by atoms with Gasteiger partial charge in [0.2, 0.25) is 5.91 Å². The van der Waals surface area contributed by atoms with E-state index >= 15 is 0 Å². The highest BCUT2D eigenvalue weighted by Crippen LogP contribution is 2.24. The number of esters is 1. The number of carbonyl (C=O) groups excluding carboxylic acids is 2. The molecule has 0 spiro atoms. The number of ether oxygens (including phenoxy) is 1.